The van der Waals surface area contributed by atoms with E-state index < -0.39 is 24.3 Å². The van der Waals surface area contributed by atoms with E-state index in [1.165, 1.54) is 0 Å². The Morgan fingerprint density at radius 2 is 2.00 bits per heavy atom. The quantitative estimate of drug-likeness (QED) is 0.475. The van der Waals surface area contributed by atoms with E-state index in [0.29, 0.717) is 31.0 Å². The second-order valence-electron chi connectivity index (χ2n) is 9.48. The molecule has 1 aromatic heterocycles. The summed E-state index contributed by atoms with van der Waals surface area (Å²) in [6, 6.07) is 1.78. The first-order valence-electron chi connectivity index (χ1n) is 12.2. The number of aliphatic hydroxyl groups is 1. The number of hydrogen-bond donors (Lipinski definition) is 2. The molecule has 0 aliphatic carbocycles. The minimum atomic E-state index is -0.824. The molecule has 1 aromatic rings. The van der Waals surface area contributed by atoms with Crippen LogP contribution >= 0.6 is 11.6 Å². The van der Waals surface area contributed by atoms with Gasteiger partial charge in [-0.25, -0.2) is 4.79 Å². The van der Waals surface area contributed by atoms with Crippen LogP contribution < -0.4 is 5.32 Å². The zero-order valence-electron chi connectivity index (χ0n) is 20.7. The number of carbonyl (C=O) groups is 2. The Hall–Kier alpha value is -2.42. The summed E-state index contributed by atoms with van der Waals surface area (Å²) in [5, 5.41) is 14.2. The summed E-state index contributed by atoms with van der Waals surface area (Å²) in [5.41, 5.74) is 1.61. The number of ether oxygens (including phenoxy) is 2. The first-order chi connectivity index (χ1) is 16.7. The lowest BCUT2D eigenvalue weighted by atomic mass is 9.91. The zero-order valence-corrected chi connectivity index (χ0v) is 21.4. The maximum absolute atomic E-state index is 12.8. The SMILES string of the molecule is C/C(=C\c1cncc(Cl)c1)[C@H]1OC(=O)C[C@H](O)CC[C@H](C)[C@@H](OC(=O)N2CCNCC2)C=C[C@@H]1C. The number of piperazine rings is 1. The fourth-order valence-corrected chi connectivity index (χ4v) is 4.52. The molecule has 0 radical (unpaired) electrons. The number of nitrogens with zero attached hydrogens (tertiary/aromatic N) is 2. The van der Waals surface area contributed by atoms with Crippen LogP contribution in [0.2, 0.25) is 5.02 Å². The van der Waals surface area contributed by atoms with Crippen LogP contribution in [0, 0.1) is 11.8 Å². The highest BCUT2D eigenvalue weighted by Gasteiger charge is 2.28. The third kappa shape index (κ3) is 8.33. The molecule has 35 heavy (non-hydrogen) atoms. The van der Waals surface area contributed by atoms with Crippen molar-refractivity contribution in [3.8, 4) is 0 Å². The molecule has 0 saturated carbocycles. The molecule has 0 bridgehead atoms. The molecule has 1 amide bonds. The van der Waals surface area contributed by atoms with E-state index in [9.17, 15) is 14.7 Å². The summed E-state index contributed by atoms with van der Waals surface area (Å²) in [5.74, 6) is -0.677. The van der Waals surface area contributed by atoms with Gasteiger partial charge in [-0.15, -0.1) is 0 Å². The molecule has 192 valence electrons. The summed E-state index contributed by atoms with van der Waals surface area (Å²) in [7, 11) is 0. The van der Waals surface area contributed by atoms with Crippen LogP contribution in [0.3, 0.4) is 0 Å². The third-order valence-corrected chi connectivity index (χ3v) is 6.65. The number of rotatable bonds is 3. The minimum absolute atomic E-state index is 0.0250. The molecule has 8 nitrogen and oxygen atoms in total. The summed E-state index contributed by atoms with van der Waals surface area (Å²) in [4.78, 5) is 31.2. The smallest absolute Gasteiger partial charge is 0.410 e. The number of nitrogens with one attached hydrogen (secondary N) is 1. The predicted molar refractivity (Wildman–Crippen MR) is 135 cm³/mol. The largest absolute Gasteiger partial charge is 0.457 e. The van der Waals surface area contributed by atoms with Gasteiger partial charge in [-0.2, -0.15) is 0 Å². The maximum Gasteiger partial charge on any atom is 0.410 e. The lowest BCUT2D eigenvalue weighted by Gasteiger charge is -2.31. The average Bonchev–Trinajstić information content (AvgIpc) is 2.83. The number of amides is 1. The van der Waals surface area contributed by atoms with Gasteiger partial charge in [-0.05, 0) is 49.0 Å². The lowest BCUT2D eigenvalue weighted by Crippen LogP contribution is -2.47. The van der Waals surface area contributed by atoms with Gasteiger partial charge in [-0.1, -0.05) is 37.6 Å². The molecule has 3 heterocycles. The molecule has 9 heteroatoms. The van der Waals surface area contributed by atoms with Gasteiger partial charge in [0.1, 0.15) is 12.2 Å². The van der Waals surface area contributed by atoms with Gasteiger partial charge >= 0.3 is 12.1 Å². The van der Waals surface area contributed by atoms with E-state index in [4.69, 9.17) is 21.1 Å². The lowest BCUT2D eigenvalue weighted by molar-refractivity contribution is -0.151. The van der Waals surface area contributed by atoms with Crippen molar-refractivity contribution >= 4 is 29.7 Å². The van der Waals surface area contributed by atoms with E-state index in [1.54, 1.807) is 23.4 Å². The number of aliphatic hydroxyl groups excluding tert-OH is 1. The van der Waals surface area contributed by atoms with Crippen LogP contribution in [0.5, 0.6) is 0 Å². The van der Waals surface area contributed by atoms with E-state index in [2.05, 4.69) is 10.3 Å². The van der Waals surface area contributed by atoms with Gasteiger partial charge in [0, 0.05) is 44.5 Å². The number of pyridine rings is 1. The monoisotopic (exact) mass is 505 g/mol. The number of carbonyl (C=O) groups excluding carboxylic acids is 2. The Morgan fingerprint density at radius 1 is 1.26 bits per heavy atom. The highest BCUT2D eigenvalue weighted by molar-refractivity contribution is 6.30. The number of aromatic nitrogens is 1. The zero-order chi connectivity index (χ0) is 25.4. The fourth-order valence-electron chi connectivity index (χ4n) is 4.34. The topological polar surface area (TPSA) is 101 Å². The Morgan fingerprint density at radius 3 is 2.71 bits per heavy atom. The molecular formula is C26H36ClN3O5. The number of hydrogen-bond acceptors (Lipinski definition) is 7. The normalized spacial score (nSPS) is 29.1. The molecular weight excluding hydrogens is 470 g/mol. The van der Waals surface area contributed by atoms with Crippen LogP contribution in [-0.2, 0) is 14.3 Å². The molecule has 3 rings (SSSR count). The van der Waals surface area contributed by atoms with Crippen molar-refractivity contribution in [3.63, 3.8) is 0 Å². The molecule has 1 fully saturated rings. The van der Waals surface area contributed by atoms with Gasteiger partial charge in [0.15, 0.2) is 0 Å². The average molecular weight is 506 g/mol. The number of halogens is 1. The van der Waals surface area contributed by atoms with Crippen molar-refractivity contribution in [1.82, 2.24) is 15.2 Å². The Kier molecular flexibility index (Phi) is 10.1. The second kappa shape index (κ2) is 13.0. The number of cyclic esters (lactones) is 1. The number of esters is 1. The van der Waals surface area contributed by atoms with Gasteiger partial charge in [-0.3, -0.25) is 9.78 Å². The van der Waals surface area contributed by atoms with Crippen LogP contribution in [0.4, 0.5) is 4.79 Å². The molecule has 1 saturated heterocycles. The molecule has 0 aromatic carbocycles. The summed E-state index contributed by atoms with van der Waals surface area (Å²) < 4.78 is 11.7. The van der Waals surface area contributed by atoms with E-state index >= 15 is 0 Å². The Labute approximate surface area is 212 Å². The van der Waals surface area contributed by atoms with Crippen LogP contribution in [0.25, 0.3) is 6.08 Å². The van der Waals surface area contributed by atoms with Crippen molar-refractivity contribution in [3.05, 3.63) is 46.8 Å². The Bertz CT molecular complexity index is 931. The van der Waals surface area contributed by atoms with Gasteiger partial charge in [0.2, 0.25) is 0 Å². The molecule has 0 unspecified atom stereocenters. The molecule has 2 aliphatic rings. The van der Waals surface area contributed by atoms with Gasteiger partial charge in [0.05, 0.1) is 17.5 Å². The second-order valence-corrected chi connectivity index (χ2v) is 9.91. The third-order valence-electron chi connectivity index (χ3n) is 6.44. The van der Waals surface area contributed by atoms with Gasteiger partial charge < -0.3 is 24.8 Å². The predicted octanol–water partition coefficient (Wildman–Crippen LogP) is 3.83. The Balaban J connectivity index is 1.83. The minimum Gasteiger partial charge on any atom is -0.457 e. The molecule has 2 aliphatic heterocycles. The highest BCUT2D eigenvalue weighted by atomic mass is 35.5. The van der Waals surface area contributed by atoms with Crippen molar-refractivity contribution in [1.29, 1.82) is 0 Å². The fraction of sp³-hybridized carbons (Fsp3) is 0.577. The summed E-state index contributed by atoms with van der Waals surface area (Å²) in [6.07, 6.45) is 7.71. The van der Waals surface area contributed by atoms with Crippen molar-refractivity contribution in [2.75, 3.05) is 26.2 Å². The summed E-state index contributed by atoms with van der Waals surface area (Å²) >= 11 is 6.07. The maximum atomic E-state index is 12.8. The highest BCUT2D eigenvalue weighted by Crippen LogP contribution is 2.26. The van der Waals surface area contributed by atoms with Crippen LogP contribution in [0.1, 0.15) is 45.6 Å². The molecule has 5 atom stereocenters. The van der Waals surface area contributed by atoms with Crippen molar-refractivity contribution in [2.45, 2.75) is 58.3 Å². The van der Waals surface area contributed by atoms with Crippen LogP contribution in [-0.4, -0.2) is 71.5 Å². The van der Waals surface area contributed by atoms with E-state index in [1.807, 2.05) is 39.0 Å². The van der Waals surface area contributed by atoms with Crippen molar-refractivity contribution in [2.24, 2.45) is 11.8 Å². The first-order valence-corrected chi connectivity index (χ1v) is 12.6. The first kappa shape index (κ1) is 27.2. The van der Waals surface area contributed by atoms with Crippen LogP contribution in [0.15, 0.2) is 36.2 Å². The summed E-state index contributed by atoms with van der Waals surface area (Å²) in [6.45, 7) is 8.54. The molecule has 2 N–H and O–H groups in total. The standard InChI is InChI=1S/C26H36ClN3O5/c1-17-4-6-22(31)14-24(32)35-25(19(3)12-20-13-21(27)16-29-15-20)18(2)5-7-23(17)34-26(33)30-10-8-28-9-11-30/h5,7,12-13,15-18,22-23,25,28,31H,4,6,8-11,14H2,1-3H3/b7-5?,19-12+/t17-,18-,22+,23-,25-/m0/s1. The van der Waals surface area contributed by atoms with Gasteiger partial charge in [0.25, 0.3) is 0 Å². The van der Waals surface area contributed by atoms with Crippen molar-refractivity contribution < 1.29 is 24.2 Å². The van der Waals surface area contributed by atoms with E-state index in [-0.39, 0.29) is 24.3 Å². The molecule has 0 spiro atoms. The van der Waals surface area contributed by atoms with E-state index in [0.717, 1.165) is 24.2 Å².